The molecule has 3 saturated heterocycles. The molecule has 108 heavy (non-hydrogen) atoms. The van der Waals surface area contributed by atoms with Gasteiger partial charge in [-0.3, -0.25) is 0 Å². The number of nitrogens with zero attached hydrogens (tertiary/aromatic N) is 6. The van der Waals surface area contributed by atoms with Gasteiger partial charge in [-0.05, 0) is 147 Å². The zero-order valence-corrected chi connectivity index (χ0v) is 65.4. The molecule has 0 amide bonds. The minimum absolute atomic E-state index is 0.106. The summed E-state index contributed by atoms with van der Waals surface area (Å²) in [6, 6.07) is 25.2. The van der Waals surface area contributed by atoms with Crippen LogP contribution in [0, 0.1) is 17.8 Å². The number of H-pyrrole nitrogens is 3. The summed E-state index contributed by atoms with van der Waals surface area (Å²) in [4.78, 5) is 30.0. The number of sulfone groups is 3. The average Bonchev–Trinajstić information content (AvgIpc) is 1.58. The van der Waals surface area contributed by atoms with Crippen LogP contribution in [-0.2, 0) is 29.5 Å². The van der Waals surface area contributed by atoms with Gasteiger partial charge in [0, 0.05) is 115 Å². The number of imidazole rings is 3. The first-order valence-electron chi connectivity index (χ1n) is 36.1. The van der Waals surface area contributed by atoms with Gasteiger partial charge in [0.05, 0.1) is 95.7 Å². The molecule has 3 saturated carbocycles. The van der Waals surface area contributed by atoms with E-state index >= 15 is 0 Å². The maximum atomic E-state index is 13.7. The Bertz CT molecular complexity index is 4600. The van der Waals surface area contributed by atoms with Gasteiger partial charge in [-0.25, -0.2) is 66.5 Å². The van der Waals surface area contributed by atoms with Gasteiger partial charge in [-0.15, -0.1) is 0 Å². The largest absolute Gasteiger partial charge is 0.396 e. The van der Waals surface area contributed by atoms with Crippen molar-refractivity contribution in [1.29, 1.82) is 0 Å². The van der Waals surface area contributed by atoms with Gasteiger partial charge in [0.2, 0.25) is 0 Å². The first kappa shape index (κ1) is 80.2. The third kappa shape index (κ3) is 18.4. The Balaban J connectivity index is 0.000000143. The van der Waals surface area contributed by atoms with Crippen LogP contribution < -0.4 is 14.7 Å². The van der Waals surface area contributed by atoms with E-state index in [1.165, 1.54) is 0 Å². The van der Waals surface area contributed by atoms with E-state index in [4.69, 9.17) is 84.6 Å². The van der Waals surface area contributed by atoms with E-state index in [9.17, 15) is 66.9 Å². The van der Waals surface area contributed by atoms with Crippen molar-refractivity contribution in [2.24, 2.45) is 17.8 Å². The molecule has 33 heteroatoms. The number of aromatic nitrogens is 6. The van der Waals surface area contributed by atoms with E-state index in [1.54, 1.807) is 106 Å². The molecule has 6 aliphatic rings. The SMILES string of the molecule is O=S(=O)(CC1CC1)c1ccc(C(CCO)c2nc3c(Cl)c(N4CCC(F)(F)CC4)c(Cl)cc3[nH]2)cc1.O=S(=O)(CC1CC1)c1ccc([C@@H](CCO)c2nc3c(Cl)c(N4CCC(F)(F)CC4)c(Cl)cc3[nH]2)cc1.O=S(=O)(CC1CC1)c1ccc([C@H](CCO)c2nc3c(Cl)c(N4CCC(F)(F)CC4)c(Cl)cc3[nH]2)cc1. The quantitative estimate of drug-likeness (QED) is 0.0307. The van der Waals surface area contributed by atoms with Crippen molar-refractivity contribution >= 4 is 149 Å². The van der Waals surface area contributed by atoms with Crippen LogP contribution in [0.15, 0.2) is 106 Å². The Labute approximate surface area is 652 Å². The van der Waals surface area contributed by atoms with Crippen LogP contribution in [-0.4, -0.2) is 165 Å². The molecule has 6 fully saturated rings. The fourth-order valence-corrected chi connectivity index (χ4v) is 21.7. The van der Waals surface area contributed by atoms with E-state index in [1.807, 2.05) is 0 Å². The number of rotatable bonds is 24. The van der Waals surface area contributed by atoms with E-state index in [0.29, 0.717) is 102 Å². The lowest BCUT2D eigenvalue weighted by Crippen LogP contribution is -2.39. The molecule has 0 radical (unpaired) electrons. The fourth-order valence-electron chi connectivity index (χ4n) is 14.4. The molecule has 9 aromatic rings. The Morgan fingerprint density at radius 2 is 0.611 bits per heavy atom. The number of fused-ring (bicyclic) bond motifs is 3. The average molecular weight is 1680 g/mol. The second-order valence-corrected chi connectivity index (χ2v) is 37.7. The maximum Gasteiger partial charge on any atom is 0.251 e. The van der Waals surface area contributed by atoms with Crippen LogP contribution in [0.1, 0.15) is 148 Å². The minimum atomic E-state index is -3.33. The van der Waals surface area contributed by atoms with Crippen molar-refractivity contribution in [1.82, 2.24) is 29.9 Å². The van der Waals surface area contributed by atoms with Crippen molar-refractivity contribution < 1.29 is 66.9 Å². The van der Waals surface area contributed by atoms with Crippen LogP contribution in [0.5, 0.6) is 0 Å². The topological polar surface area (TPSA) is 259 Å². The lowest BCUT2D eigenvalue weighted by molar-refractivity contribution is -0.0226. The molecule has 3 aromatic heterocycles. The van der Waals surface area contributed by atoms with Crippen molar-refractivity contribution in [3.63, 3.8) is 0 Å². The lowest BCUT2D eigenvalue weighted by Gasteiger charge is -2.34. The summed E-state index contributed by atoms with van der Waals surface area (Å²) in [7, 11) is -9.98. The zero-order chi connectivity index (χ0) is 77.0. The smallest absolute Gasteiger partial charge is 0.251 e. The van der Waals surface area contributed by atoms with Crippen LogP contribution in [0.3, 0.4) is 0 Å². The van der Waals surface area contributed by atoms with E-state index in [0.717, 1.165) is 55.2 Å². The Hall–Kier alpha value is -5.82. The van der Waals surface area contributed by atoms with Gasteiger partial charge in [-0.1, -0.05) is 106 Å². The summed E-state index contributed by atoms with van der Waals surface area (Å²) in [5.74, 6) is -6.14. The Morgan fingerprint density at radius 3 is 0.815 bits per heavy atom. The molecule has 6 N–H and O–H groups in total. The number of anilines is 3. The molecule has 3 aliphatic heterocycles. The number of benzene rings is 6. The second-order valence-electron chi connectivity index (χ2n) is 29.2. The number of hydrogen-bond donors (Lipinski definition) is 6. The van der Waals surface area contributed by atoms with Crippen LogP contribution in [0.4, 0.5) is 43.4 Å². The van der Waals surface area contributed by atoms with Crippen LogP contribution in [0.25, 0.3) is 33.1 Å². The van der Waals surface area contributed by atoms with E-state index in [2.05, 4.69) is 15.0 Å². The van der Waals surface area contributed by atoms with Crippen molar-refractivity contribution in [2.45, 2.75) is 147 Å². The minimum Gasteiger partial charge on any atom is -0.396 e. The lowest BCUT2D eigenvalue weighted by atomic mass is 9.95. The molecule has 0 bridgehead atoms. The van der Waals surface area contributed by atoms with Gasteiger partial charge in [0.15, 0.2) is 29.5 Å². The van der Waals surface area contributed by atoms with Crippen LogP contribution >= 0.6 is 69.6 Å². The monoisotopic (exact) mass is 1670 g/mol. The molecule has 582 valence electrons. The highest BCUT2D eigenvalue weighted by molar-refractivity contribution is 7.92. The summed E-state index contributed by atoms with van der Waals surface area (Å²) < 4.78 is 158. The molecule has 3 atom stereocenters. The molecule has 6 heterocycles. The molecule has 18 nitrogen and oxygen atoms in total. The number of nitrogens with one attached hydrogen (secondary N) is 3. The summed E-state index contributed by atoms with van der Waals surface area (Å²) >= 11 is 39.7. The number of halogens is 12. The maximum absolute atomic E-state index is 13.7. The number of aromatic amines is 3. The highest BCUT2D eigenvalue weighted by atomic mass is 35.5. The normalized spacial score (nSPS) is 19.1. The highest BCUT2D eigenvalue weighted by Gasteiger charge is 2.40. The summed E-state index contributed by atoms with van der Waals surface area (Å²) in [6.45, 7) is 0.506. The van der Waals surface area contributed by atoms with E-state index in [-0.39, 0.29) is 180 Å². The van der Waals surface area contributed by atoms with E-state index < -0.39 is 47.3 Å². The summed E-state index contributed by atoms with van der Waals surface area (Å²) in [5, 5.41) is 31.1. The Morgan fingerprint density at radius 1 is 0.389 bits per heavy atom. The molecule has 6 aromatic carbocycles. The standard InChI is InChI=1S/3C25H27Cl2F2N3O3S/c3*26-19-13-20-22(21(27)23(19)32-10-8-25(28,29)9-11-32)31-24(30-20)18(7-12-33)16-3-5-17(6-4-16)36(34,35)14-15-1-2-15/h3*3-6,13,15,18,33H,1-2,7-12,14H2,(H,30,31)/t2*18-;/m10./s1. The predicted molar refractivity (Wildman–Crippen MR) is 412 cm³/mol. The van der Waals surface area contributed by atoms with Gasteiger partial charge < -0.3 is 45.0 Å². The number of aliphatic hydroxyl groups is 3. The first-order chi connectivity index (χ1) is 51.2. The molecule has 15 rings (SSSR count). The van der Waals surface area contributed by atoms with Crippen molar-refractivity contribution in [2.75, 3.05) is 91.0 Å². The molecular formula is C75H81Cl6F6N9O9S3. The predicted octanol–water partition coefficient (Wildman–Crippen LogP) is 17.4. The molecule has 3 aliphatic carbocycles. The van der Waals surface area contributed by atoms with Gasteiger partial charge >= 0.3 is 0 Å². The van der Waals surface area contributed by atoms with Crippen molar-refractivity contribution in [3.8, 4) is 0 Å². The second kappa shape index (κ2) is 32.3. The number of alkyl halides is 6. The summed E-state index contributed by atoms with van der Waals surface area (Å²) in [6.07, 6.45) is 5.20. The number of piperidine rings is 3. The van der Waals surface area contributed by atoms with Gasteiger partial charge in [0.1, 0.15) is 34.0 Å². The number of hydrogen-bond acceptors (Lipinski definition) is 15. The fraction of sp³-hybridized carbons (Fsp3) is 0.480. The molecule has 0 spiro atoms. The molecule has 1 unspecified atom stereocenters. The first-order valence-corrected chi connectivity index (χ1v) is 43.3. The van der Waals surface area contributed by atoms with Gasteiger partial charge in [-0.2, -0.15) is 0 Å². The van der Waals surface area contributed by atoms with Crippen LogP contribution in [0.2, 0.25) is 30.1 Å². The highest BCUT2D eigenvalue weighted by Crippen LogP contribution is 2.48. The third-order valence-electron chi connectivity index (χ3n) is 21.0. The third-order valence-corrected chi connectivity index (χ3v) is 28.7. The number of aliphatic hydroxyl groups excluding tert-OH is 3. The van der Waals surface area contributed by atoms with Gasteiger partial charge in [0.25, 0.3) is 17.8 Å². The van der Waals surface area contributed by atoms with Crippen molar-refractivity contribution in [3.05, 3.63) is 155 Å². The molecular weight excluding hydrogens is 1590 g/mol. The summed E-state index contributed by atoms with van der Waals surface area (Å²) in [5.41, 5.74) is 7.06. The Kier molecular flexibility index (Phi) is 24.0. The zero-order valence-electron chi connectivity index (χ0n) is 58.5.